The SMILES string of the molecule is N#Cc1nc(/C=C2/SC(=S)N(Cc3ccc4c(c3)OCO4)C2=O)oc1N1CCC(C(N)=O)CC1. The number of ether oxygens (including phenoxy) is 2. The Morgan fingerprint density at radius 1 is 1.32 bits per heavy atom. The van der Waals surface area contributed by atoms with Crippen LogP contribution in [-0.2, 0) is 16.1 Å². The highest BCUT2D eigenvalue weighted by Crippen LogP contribution is 2.37. The molecule has 1 aromatic heterocycles. The molecule has 0 spiro atoms. The van der Waals surface area contributed by atoms with Gasteiger partial charge in [-0.25, -0.2) is 0 Å². The highest BCUT2D eigenvalue weighted by atomic mass is 32.2. The van der Waals surface area contributed by atoms with Gasteiger partial charge in [0.2, 0.25) is 30.2 Å². The fourth-order valence-corrected chi connectivity index (χ4v) is 5.23. The Hall–Kier alpha value is -3.56. The van der Waals surface area contributed by atoms with Gasteiger partial charge in [0.1, 0.15) is 10.4 Å². The minimum atomic E-state index is -0.318. The summed E-state index contributed by atoms with van der Waals surface area (Å²) >= 11 is 6.57. The number of thiocarbonyl (C=S) groups is 1. The van der Waals surface area contributed by atoms with Crippen molar-refractivity contribution >= 4 is 52.1 Å². The maximum Gasteiger partial charge on any atom is 0.266 e. The number of amides is 2. The molecule has 5 rings (SSSR count). The highest BCUT2D eigenvalue weighted by molar-refractivity contribution is 8.26. The summed E-state index contributed by atoms with van der Waals surface area (Å²) in [5, 5.41) is 9.52. The first-order chi connectivity index (χ1) is 16.4. The van der Waals surface area contributed by atoms with Crippen molar-refractivity contribution in [2.45, 2.75) is 19.4 Å². The number of benzene rings is 1. The van der Waals surface area contributed by atoms with Gasteiger partial charge in [-0.2, -0.15) is 10.2 Å². The monoisotopic (exact) mass is 497 g/mol. The number of hydrogen-bond donors (Lipinski definition) is 1. The van der Waals surface area contributed by atoms with Gasteiger partial charge in [-0.15, -0.1) is 0 Å². The van der Waals surface area contributed by atoms with E-state index < -0.39 is 0 Å². The van der Waals surface area contributed by atoms with Gasteiger partial charge >= 0.3 is 0 Å². The molecule has 4 heterocycles. The van der Waals surface area contributed by atoms with Crippen molar-refractivity contribution in [2.24, 2.45) is 11.7 Å². The second kappa shape index (κ2) is 9.00. The van der Waals surface area contributed by atoms with Crippen LogP contribution in [0.5, 0.6) is 11.5 Å². The van der Waals surface area contributed by atoms with Crippen LogP contribution in [0.2, 0.25) is 0 Å². The average Bonchev–Trinajstić information content (AvgIpc) is 3.53. The number of primary amides is 1. The number of nitrogens with two attached hydrogens (primary N) is 1. The molecule has 0 bridgehead atoms. The smallest absolute Gasteiger partial charge is 0.266 e. The molecule has 2 fully saturated rings. The molecule has 2 saturated heterocycles. The van der Waals surface area contributed by atoms with Crippen LogP contribution in [0.3, 0.4) is 0 Å². The molecule has 2 N–H and O–H groups in total. The van der Waals surface area contributed by atoms with E-state index in [1.54, 1.807) is 6.07 Å². The second-order valence-electron chi connectivity index (χ2n) is 7.94. The van der Waals surface area contributed by atoms with E-state index in [4.69, 9.17) is 31.8 Å². The third-order valence-electron chi connectivity index (χ3n) is 5.82. The molecule has 0 radical (unpaired) electrons. The van der Waals surface area contributed by atoms with E-state index in [-0.39, 0.29) is 42.7 Å². The summed E-state index contributed by atoms with van der Waals surface area (Å²) in [5.74, 6) is 1.00. The number of nitriles is 1. The summed E-state index contributed by atoms with van der Waals surface area (Å²) in [5.41, 5.74) is 6.37. The fraction of sp³-hybridized carbons (Fsp3) is 0.318. The minimum Gasteiger partial charge on any atom is -0.454 e. The molecular weight excluding hydrogens is 478 g/mol. The van der Waals surface area contributed by atoms with Crippen LogP contribution < -0.4 is 20.1 Å². The minimum absolute atomic E-state index is 0.125. The summed E-state index contributed by atoms with van der Waals surface area (Å²) < 4.78 is 17.0. The van der Waals surface area contributed by atoms with Gasteiger partial charge in [0, 0.05) is 25.1 Å². The molecule has 0 saturated carbocycles. The molecule has 0 unspecified atom stereocenters. The molecule has 0 atom stereocenters. The van der Waals surface area contributed by atoms with Gasteiger partial charge in [-0.1, -0.05) is 30.0 Å². The Bertz CT molecular complexity index is 1260. The average molecular weight is 498 g/mol. The molecule has 174 valence electrons. The van der Waals surface area contributed by atoms with E-state index in [2.05, 4.69) is 4.98 Å². The van der Waals surface area contributed by atoms with Crippen molar-refractivity contribution in [3.63, 3.8) is 0 Å². The quantitative estimate of drug-likeness (QED) is 0.484. The number of oxazole rings is 1. The molecular formula is C22H19N5O5S2. The first-order valence-corrected chi connectivity index (χ1v) is 11.7. The van der Waals surface area contributed by atoms with Crippen LogP contribution in [0.15, 0.2) is 27.5 Å². The van der Waals surface area contributed by atoms with Crippen LogP contribution >= 0.6 is 24.0 Å². The van der Waals surface area contributed by atoms with E-state index in [1.807, 2.05) is 23.1 Å². The van der Waals surface area contributed by atoms with Crippen molar-refractivity contribution in [1.29, 1.82) is 5.26 Å². The van der Waals surface area contributed by atoms with Gasteiger partial charge in [-0.05, 0) is 30.5 Å². The lowest BCUT2D eigenvalue weighted by molar-refractivity contribution is -0.123. The van der Waals surface area contributed by atoms with Crippen molar-refractivity contribution in [1.82, 2.24) is 9.88 Å². The normalized spacial score (nSPS) is 19.2. The number of carbonyl (C=O) groups is 2. The van der Waals surface area contributed by atoms with Gasteiger partial charge in [0.05, 0.1) is 11.4 Å². The Labute approximate surface area is 204 Å². The molecule has 10 nitrogen and oxygen atoms in total. The topological polar surface area (TPSA) is 135 Å². The van der Waals surface area contributed by atoms with Crippen molar-refractivity contribution in [2.75, 3.05) is 24.8 Å². The first kappa shape index (κ1) is 22.2. The van der Waals surface area contributed by atoms with Gasteiger partial charge in [0.15, 0.2) is 11.5 Å². The van der Waals surface area contributed by atoms with E-state index in [9.17, 15) is 14.9 Å². The van der Waals surface area contributed by atoms with E-state index in [0.29, 0.717) is 52.5 Å². The Balaban J connectivity index is 1.32. The Morgan fingerprint density at radius 3 is 2.82 bits per heavy atom. The number of anilines is 1. The third-order valence-corrected chi connectivity index (χ3v) is 7.20. The van der Waals surface area contributed by atoms with Crippen LogP contribution in [0.1, 0.15) is 30.0 Å². The highest BCUT2D eigenvalue weighted by Gasteiger charge is 2.33. The second-order valence-corrected chi connectivity index (χ2v) is 9.61. The van der Waals surface area contributed by atoms with Gasteiger partial charge < -0.3 is 24.5 Å². The summed E-state index contributed by atoms with van der Waals surface area (Å²) in [6.07, 6.45) is 2.66. The molecule has 2 amide bonds. The molecule has 12 heteroatoms. The standard InChI is InChI=1S/C22H19N5O5S2/c23-9-14-21(26-5-3-13(4-6-26)19(24)28)32-18(25-14)8-17-20(29)27(22(33)34-17)10-12-1-2-15-16(7-12)31-11-30-15/h1-2,7-8,13H,3-6,10-11H2,(H2,24,28)/b17-8+. The van der Waals surface area contributed by atoms with Crippen LogP contribution in [0.25, 0.3) is 6.08 Å². The third kappa shape index (κ3) is 4.20. The number of rotatable bonds is 5. The fourth-order valence-electron chi connectivity index (χ4n) is 4.01. The van der Waals surface area contributed by atoms with Crippen LogP contribution in [-0.4, -0.2) is 45.9 Å². The predicted octanol–water partition coefficient (Wildman–Crippen LogP) is 2.38. The number of aromatic nitrogens is 1. The van der Waals surface area contributed by atoms with E-state index >= 15 is 0 Å². The number of fused-ring (bicyclic) bond motifs is 1. The summed E-state index contributed by atoms with van der Waals surface area (Å²) in [6.45, 7) is 1.51. The van der Waals surface area contributed by atoms with Crippen LogP contribution in [0, 0.1) is 17.2 Å². The van der Waals surface area contributed by atoms with Gasteiger partial charge in [0.25, 0.3) is 5.91 Å². The van der Waals surface area contributed by atoms with E-state index in [0.717, 1.165) is 17.3 Å². The number of hydrogen-bond acceptors (Lipinski definition) is 10. The van der Waals surface area contributed by atoms with Crippen molar-refractivity contribution in [3.8, 4) is 17.6 Å². The van der Waals surface area contributed by atoms with Crippen LogP contribution in [0.4, 0.5) is 5.88 Å². The molecule has 3 aliphatic rings. The summed E-state index contributed by atoms with van der Waals surface area (Å²) in [4.78, 5) is 32.4. The number of piperidine rings is 1. The van der Waals surface area contributed by atoms with Gasteiger partial charge in [-0.3, -0.25) is 14.5 Å². The van der Waals surface area contributed by atoms with Crippen molar-refractivity contribution in [3.05, 3.63) is 40.3 Å². The maximum atomic E-state index is 13.0. The molecule has 3 aliphatic heterocycles. The number of carbonyl (C=O) groups excluding carboxylic acids is 2. The maximum absolute atomic E-state index is 13.0. The van der Waals surface area contributed by atoms with Crippen molar-refractivity contribution < 1.29 is 23.5 Å². The zero-order valence-electron chi connectivity index (χ0n) is 17.9. The Morgan fingerprint density at radius 2 is 2.09 bits per heavy atom. The zero-order chi connectivity index (χ0) is 23.8. The largest absolute Gasteiger partial charge is 0.454 e. The molecule has 34 heavy (non-hydrogen) atoms. The zero-order valence-corrected chi connectivity index (χ0v) is 19.5. The lowest BCUT2D eigenvalue weighted by atomic mass is 9.96. The first-order valence-electron chi connectivity index (χ1n) is 10.5. The molecule has 0 aliphatic carbocycles. The Kier molecular flexibility index (Phi) is 5.89. The number of thioether (sulfide) groups is 1. The lowest BCUT2D eigenvalue weighted by Crippen LogP contribution is -2.38. The summed E-state index contributed by atoms with van der Waals surface area (Å²) in [7, 11) is 0. The number of nitrogens with zero attached hydrogens (tertiary/aromatic N) is 4. The molecule has 2 aromatic rings. The summed E-state index contributed by atoms with van der Waals surface area (Å²) in [6, 6.07) is 7.52. The van der Waals surface area contributed by atoms with E-state index in [1.165, 1.54) is 11.0 Å². The lowest BCUT2D eigenvalue weighted by Gasteiger charge is -2.30. The molecule has 1 aromatic carbocycles. The predicted molar refractivity (Wildman–Crippen MR) is 127 cm³/mol.